The van der Waals surface area contributed by atoms with Crippen molar-refractivity contribution in [3.63, 3.8) is 0 Å². The summed E-state index contributed by atoms with van der Waals surface area (Å²) in [5, 5.41) is 11.9. The number of primary amides is 1. The van der Waals surface area contributed by atoms with Gasteiger partial charge in [0.2, 0.25) is 5.91 Å². The van der Waals surface area contributed by atoms with E-state index in [1.54, 1.807) is 0 Å². The van der Waals surface area contributed by atoms with E-state index in [-0.39, 0.29) is 17.9 Å². The van der Waals surface area contributed by atoms with Crippen molar-refractivity contribution in [1.82, 2.24) is 5.32 Å². The van der Waals surface area contributed by atoms with Crippen LogP contribution in [-0.4, -0.2) is 23.5 Å². The molecule has 4 N–H and O–H groups in total. The smallest absolute Gasteiger partial charge is 0.255 e. The zero-order valence-corrected chi connectivity index (χ0v) is 8.41. The lowest BCUT2D eigenvalue weighted by atomic mass is 10.2. The third-order valence-electron chi connectivity index (χ3n) is 1.63. The molecular weight excluding hydrogens is 220 g/mol. The summed E-state index contributed by atoms with van der Waals surface area (Å²) in [4.78, 5) is 21.8. The van der Waals surface area contributed by atoms with Crippen molar-refractivity contribution in [2.24, 2.45) is 5.73 Å². The summed E-state index contributed by atoms with van der Waals surface area (Å²) in [5.41, 5.74) is 4.89. The highest BCUT2D eigenvalue weighted by Gasteiger charge is 2.11. The number of phenolic OH excluding ortho intramolecular Hbond substituents is 1. The predicted molar refractivity (Wildman–Crippen MR) is 54.6 cm³/mol. The summed E-state index contributed by atoms with van der Waals surface area (Å²) in [5.74, 6) is -1.48. The first-order chi connectivity index (χ1) is 7.00. The van der Waals surface area contributed by atoms with Gasteiger partial charge in [0, 0.05) is 5.02 Å². The van der Waals surface area contributed by atoms with E-state index in [4.69, 9.17) is 17.3 Å². The number of benzene rings is 1. The monoisotopic (exact) mass is 228 g/mol. The SMILES string of the molecule is NC(=O)CNC(=O)c1ccc(Cl)cc1O. The highest BCUT2D eigenvalue weighted by Crippen LogP contribution is 2.21. The second kappa shape index (κ2) is 4.65. The van der Waals surface area contributed by atoms with Gasteiger partial charge in [-0.1, -0.05) is 11.6 Å². The molecule has 0 fully saturated rings. The highest BCUT2D eigenvalue weighted by atomic mass is 35.5. The van der Waals surface area contributed by atoms with E-state index in [0.29, 0.717) is 5.02 Å². The molecule has 1 rings (SSSR count). The minimum absolute atomic E-state index is 0.0423. The van der Waals surface area contributed by atoms with Crippen LogP contribution in [0.5, 0.6) is 5.75 Å². The van der Waals surface area contributed by atoms with Gasteiger partial charge in [-0.2, -0.15) is 0 Å². The number of hydrogen-bond donors (Lipinski definition) is 3. The number of halogens is 1. The van der Waals surface area contributed by atoms with Crippen LogP contribution in [0.1, 0.15) is 10.4 Å². The summed E-state index contributed by atoms with van der Waals surface area (Å²) in [6, 6.07) is 4.05. The Kier molecular flexibility index (Phi) is 3.51. The molecular formula is C9H9ClN2O3. The Bertz CT molecular complexity index is 406. The summed E-state index contributed by atoms with van der Waals surface area (Å²) < 4.78 is 0. The standard InChI is InChI=1S/C9H9ClN2O3/c10-5-1-2-6(7(13)3-5)9(15)12-4-8(11)14/h1-3,13H,4H2,(H2,11,14)(H,12,15). The van der Waals surface area contributed by atoms with Crippen molar-refractivity contribution in [3.05, 3.63) is 28.8 Å². The molecule has 0 atom stereocenters. The van der Waals surface area contributed by atoms with Crippen LogP contribution in [0, 0.1) is 0 Å². The van der Waals surface area contributed by atoms with Crippen molar-refractivity contribution >= 4 is 23.4 Å². The second-order valence-electron chi connectivity index (χ2n) is 2.81. The van der Waals surface area contributed by atoms with Gasteiger partial charge in [0.05, 0.1) is 12.1 Å². The molecule has 0 aliphatic heterocycles. The van der Waals surface area contributed by atoms with Gasteiger partial charge in [-0.15, -0.1) is 0 Å². The number of carbonyl (C=O) groups excluding carboxylic acids is 2. The van der Waals surface area contributed by atoms with Gasteiger partial charge >= 0.3 is 0 Å². The summed E-state index contributed by atoms with van der Waals surface area (Å²) >= 11 is 5.58. The van der Waals surface area contributed by atoms with Crippen molar-refractivity contribution < 1.29 is 14.7 Å². The molecule has 0 aromatic heterocycles. The van der Waals surface area contributed by atoms with E-state index in [9.17, 15) is 14.7 Å². The fraction of sp³-hybridized carbons (Fsp3) is 0.111. The molecule has 0 saturated carbocycles. The third kappa shape index (κ3) is 3.14. The van der Waals surface area contributed by atoms with Crippen LogP contribution < -0.4 is 11.1 Å². The van der Waals surface area contributed by atoms with E-state index >= 15 is 0 Å². The van der Waals surface area contributed by atoms with Crippen LogP contribution in [0.4, 0.5) is 0 Å². The van der Waals surface area contributed by atoms with Crippen LogP contribution in [0.25, 0.3) is 0 Å². The lowest BCUT2D eigenvalue weighted by molar-refractivity contribution is -0.117. The Morgan fingerprint density at radius 3 is 2.67 bits per heavy atom. The maximum atomic E-state index is 11.4. The minimum Gasteiger partial charge on any atom is -0.507 e. The average Bonchev–Trinajstić information content (AvgIpc) is 2.14. The topological polar surface area (TPSA) is 92.4 Å². The minimum atomic E-state index is -0.656. The lowest BCUT2D eigenvalue weighted by Gasteiger charge is -2.04. The van der Waals surface area contributed by atoms with Crippen LogP contribution in [-0.2, 0) is 4.79 Å². The second-order valence-corrected chi connectivity index (χ2v) is 3.25. The molecule has 5 nitrogen and oxygen atoms in total. The quantitative estimate of drug-likeness (QED) is 0.693. The molecule has 0 unspecified atom stereocenters. The number of nitrogens with two attached hydrogens (primary N) is 1. The zero-order valence-electron chi connectivity index (χ0n) is 7.66. The average molecular weight is 229 g/mol. The number of phenols is 1. The normalized spacial score (nSPS) is 9.67. The van der Waals surface area contributed by atoms with Crippen molar-refractivity contribution in [2.45, 2.75) is 0 Å². The Morgan fingerprint density at radius 1 is 1.47 bits per heavy atom. The van der Waals surface area contributed by atoms with E-state index in [2.05, 4.69) is 5.32 Å². The van der Waals surface area contributed by atoms with Crippen LogP contribution >= 0.6 is 11.6 Å². The molecule has 2 amide bonds. The molecule has 0 aliphatic carbocycles. The molecule has 6 heteroatoms. The van der Waals surface area contributed by atoms with Gasteiger partial charge in [-0.05, 0) is 18.2 Å². The number of nitrogens with one attached hydrogen (secondary N) is 1. The Balaban J connectivity index is 2.78. The molecule has 1 aromatic rings. The van der Waals surface area contributed by atoms with Gasteiger partial charge in [-0.25, -0.2) is 0 Å². The first kappa shape index (κ1) is 11.3. The van der Waals surface area contributed by atoms with Crippen LogP contribution in [0.15, 0.2) is 18.2 Å². The van der Waals surface area contributed by atoms with E-state index in [0.717, 1.165) is 0 Å². The van der Waals surface area contributed by atoms with E-state index in [1.807, 2.05) is 0 Å². The summed E-state index contributed by atoms with van der Waals surface area (Å²) in [6.07, 6.45) is 0. The maximum Gasteiger partial charge on any atom is 0.255 e. The van der Waals surface area contributed by atoms with E-state index in [1.165, 1.54) is 18.2 Å². The van der Waals surface area contributed by atoms with Crippen molar-refractivity contribution in [1.29, 1.82) is 0 Å². The summed E-state index contributed by atoms with van der Waals surface area (Å²) in [7, 11) is 0. The van der Waals surface area contributed by atoms with Crippen LogP contribution in [0.3, 0.4) is 0 Å². The Labute approximate surface area is 90.8 Å². The highest BCUT2D eigenvalue weighted by molar-refractivity contribution is 6.30. The van der Waals surface area contributed by atoms with Gasteiger partial charge < -0.3 is 16.2 Å². The predicted octanol–water partition coefficient (Wildman–Crippen LogP) is 0.261. The molecule has 0 radical (unpaired) electrons. The van der Waals surface area contributed by atoms with Crippen LogP contribution in [0.2, 0.25) is 5.02 Å². The molecule has 0 spiro atoms. The van der Waals surface area contributed by atoms with Crippen molar-refractivity contribution in [2.75, 3.05) is 6.54 Å². The molecule has 0 aliphatic rings. The number of carbonyl (C=O) groups is 2. The molecule has 0 heterocycles. The van der Waals surface area contributed by atoms with Gasteiger partial charge in [-0.3, -0.25) is 9.59 Å². The Hall–Kier alpha value is -1.75. The fourth-order valence-electron chi connectivity index (χ4n) is 0.959. The largest absolute Gasteiger partial charge is 0.507 e. The molecule has 15 heavy (non-hydrogen) atoms. The van der Waals surface area contributed by atoms with E-state index < -0.39 is 11.8 Å². The first-order valence-corrected chi connectivity index (χ1v) is 4.43. The number of rotatable bonds is 3. The van der Waals surface area contributed by atoms with Gasteiger partial charge in [0.15, 0.2) is 0 Å². The lowest BCUT2D eigenvalue weighted by Crippen LogP contribution is -2.33. The van der Waals surface area contributed by atoms with Crippen molar-refractivity contribution in [3.8, 4) is 5.75 Å². The molecule has 1 aromatic carbocycles. The van der Waals surface area contributed by atoms with Gasteiger partial charge in [0.25, 0.3) is 5.91 Å². The molecule has 0 saturated heterocycles. The zero-order chi connectivity index (χ0) is 11.4. The molecule has 0 bridgehead atoms. The number of aromatic hydroxyl groups is 1. The Morgan fingerprint density at radius 2 is 2.13 bits per heavy atom. The number of hydrogen-bond acceptors (Lipinski definition) is 3. The fourth-order valence-corrected chi connectivity index (χ4v) is 1.13. The molecule has 80 valence electrons. The number of amides is 2. The first-order valence-electron chi connectivity index (χ1n) is 4.05. The van der Waals surface area contributed by atoms with Gasteiger partial charge in [0.1, 0.15) is 5.75 Å². The third-order valence-corrected chi connectivity index (χ3v) is 1.86. The maximum absolute atomic E-state index is 11.4. The summed E-state index contributed by atoms with van der Waals surface area (Å²) in [6.45, 7) is -0.277.